The van der Waals surface area contributed by atoms with Crippen LogP contribution in [0.2, 0.25) is 5.02 Å². The lowest BCUT2D eigenvalue weighted by Crippen LogP contribution is -2.30. The van der Waals surface area contributed by atoms with Crippen LogP contribution in [0.3, 0.4) is 0 Å². The number of nitrogens with one attached hydrogen (secondary N) is 1. The normalized spacial score (nSPS) is 12.6. The van der Waals surface area contributed by atoms with Gasteiger partial charge in [0, 0.05) is 9.50 Å². The quantitative estimate of drug-likeness (QED) is 0.707. The van der Waals surface area contributed by atoms with Gasteiger partial charge in [-0.1, -0.05) is 45.7 Å². The summed E-state index contributed by atoms with van der Waals surface area (Å²) in [7, 11) is -2.59. The fourth-order valence-corrected chi connectivity index (χ4v) is 3.85. The third kappa shape index (κ3) is 5.04. The van der Waals surface area contributed by atoms with E-state index in [9.17, 15) is 13.2 Å². The third-order valence-corrected chi connectivity index (χ3v) is 5.51. The number of hydrogen-bond acceptors (Lipinski definition) is 4. The van der Waals surface area contributed by atoms with Crippen LogP contribution < -0.4 is 4.72 Å². The molecular weight excluding hydrogens is 418 g/mol. The van der Waals surface area contributed by atoms with Crippen LogP contribution in [0, 0.1) is 0 Å². The van der Waals surface area contributed by atoms with Crippen LogP contribution in [-0.2, 0) is 19.6 Å². The lowest BCUT2D eigenvalue weighted by Gasteiger charge is -2.18. The Morgan fingerprint density at radius 1 is 1.25 bits per heavy atom. The molecule has 1 atom stereocenters. The SMILES string of the molecule is COC(=O)C[C@@H](NS(=O)(=O)c1cccc(Cl)c1)c1ccc(Br)cc1. The van der Waals surface area contributed by atoms with Crippen molar-refractivity contribution in [1.82, 2.24) is 4.72 Å². The van der Waals surface area contributed by atoms with E-state index in [-0.39, 0.29) is 11.3 Å². The second-order valence-corrected chi connectivity index (χ2v) is 8.03. The molecule has 0 saturated carbocycles. The summed E-state index contributed by atoms with van der Waals surface area (Å²) in [5.41, 5.74) is 0.647. The third-order valence-electron chi connectivity index (χ3n) is 3.27. The molecule has 0 amide bonds. The molecule has 0 aliphatic carbocycles. The first-order valence-electron chi connectivity index (χ1n) is 6.92. The van der Waals surface area contributed by atoms with Crippen molar-refractivity contribution in [1.29, 1.82) is 0 Å². The molecule has 24 heavy (non-hydrogen) atoms. The van der Waals surface area contributed by atoms with Crippen LogP contribution in [0.5, 0.6) is 0 Å². The fraction of sp³-hybridized carbons (Fsp3) is 0.188. The summed E-state index contributed by atoms with van der Waals surface area (Å²) in [5, 5.41) is 0.311. The number of rotatable bonds is 6. The predicted molar refractivity (Wildman–Crippen MR) is 95.3 cm³/mol. The monoisotopic (exact) mass is 431 g/mol. The van der Waals surface area contributed by atoms with Gasteiger partial charge in [-0.15, -0.1) is 0 Å². The standard InChI is InChI=1S/C16H15BrClNO4S/c1-23-16(20)10-15(11-5-7-12(17)8-6-11)19-24(21,22)14-4-2-3-13(18)9-14/h2-9,15,19H,10H2,1H3/t15-/m1/s1. The van der Waals surface area contributed by atoms with Crippen LogP contribution in [0.4, 0.5) is 0 Å². The Bertz CT molecular complexity index is 824. The van der Waals surface area contributed by atoms with Gasteiger partial charge in [-0.3, -0.25) is 4.79 Å². The maximum Gasteiger partial charge on any atom is 0.307 e. The van der Waals surface area contributed by atoms with E-state index >= 15 is 0 Å². The molecule has 128 valence electrons. The van der Waals surface area contributed by atoms with Gasteiger partial charge in [-0.05, 0) is 35.9 Å². The van der Waals surface area contributed by atoms with Crippen molar-refractivity contribution in [3.8, 4) is 0 Å². The Morgan fingerprint density at radius 2 is 1.92 bits per heavy atom. The zero-order chi connectivity index (χ0) is 17.7. The lowest BCUT2D eigenvalue weighted by atomic mass is 10.1. The fourth-order valence-electron chi connectivity index (χ4n) is 2.06. The molecule has 8 heteroatoms. The zero-order valence-electron chi connectivity index (χ0n) is 12.7. The molecule has 0 heterocycles. The van der Waals surface area contributed by atoms with Crippen molar-refractivity contribution >= 4 is 43.5 Å². The Labute approximate surface area is 154 Å². The first-order valence-corrected chi connectivity index (χ1v) is 9.57. The maximum absolute atomic E-state index is 12.6. The van der Waals surface area contributed by atoms with Gasteiger partial charge >= 0.3 is 5.97 Å². The number of hydrogen-bond donors (Lipinski definition) is 1. The summed E-state index contributed by atoms with van der Waals surface area (Å²) in [6.07, 6.45) is -0.127. The molecule has 0 aromatic heterocycles. The molecule has 1 N–H and O–H groups in total. The number of ether oxygens (including phenoxy) is 1. The molecule has 2 aromatic rings. The number of methoxy groups -OCH3 is 1. The topological polar surface area (TPSA) is 72.5 Å². The van der Waals surface area contributed by atoms with Gasteiger partial charge in [0.1, 0.15) is 0 Å². The minimum Gasteiger partial charge on any atom is -0.469 e. The van der Waals surface area contributed by atoms with E-state index in [1.165, 1.54) is 19.2 Å². The van der Waals surface area contributed by atoms with Crippen molar-refractivity contribution in [2.75, 3.05) is 7.11 Å². The molecule has 0 fully saturated rings. The summed E-state index contributed by atoms with van der Waals surface area (Å²) >= 11 is 9.18. The van der Waals surface area contributed by atoms with Gasteiger partial charge in [-0.2, -0.15) is 0 Å². The molecule has 0 bridgehead atoms. The number of halogens is 2. The molecule has 2 rings (SSSR count). The number of benzene rings is 2. The summed E-state index contributed by atoms with van der Waals surface area (Å²) < 4.78 is 33.2. The molecule has 0 aliphatic rings. The van der Waals surface area contributed by atoms with Crippen molar-refractivity contribution in [3.05, 3.63) is 63.6 Å². The molecule has 0 spiro atoms. The maximum atomic E-state index is 12.6. The average Bonchev–Trinajstić information content (AvgIpc) is 2.54. The second kappa shape index (κ2) is 8.11. The highest BCUT2D eigenvalue weighted by Crippen LogP contribution is 2.24. The lowest BCUT2D eigenvalue weighted by molar-refractivity contribution is -0.141. The summed E-state index contributed by atoms with van der Waals surface area (Å²) in [6.45, 7) is 0. The van der Waals surface area contributed by atoms with Crippen molar-refractivity contribution in [2.45, 2.75) is 17.4 Å². The minimum absolute atomic E-state index is 0.0296. The number of sulfonamides is 1. The summed E-state index contributed by atoms with van der Waals surface area (Å²) in [5.74, 6) is -0.517. The average molecular weight is 433 g/mol. The van der Waals surface area contributed by atoms with E-state index in [0.29, 0.717) is 10.6 Å². The second-order valence-electron chi connectivity index (χ2n) is 4.96. The highest BCUT2D eigenvalue weighted by atomic mass is 79.9. The largest absolute Gasteiger partial charge is 0.469 e. The van der Waals surface area contributed by atoms with E-state index in [1.807, 2.05) is 0 Å². The van der Waals surface area contributed by atoms with Crippen molar-refractivity contribution in [2.24, 2.45) is 0 Å². The smallest absolute Gasteiger partial charge is 0.307 e. The number of carbonyl (C=O) groups is 1. The van der Waals surface area contributed by atoms with Gasteiger partial charge in [0.15, 0.2) is 0 Å². The van der Waals surface area contributed by atoms with E-state index in [0.717, 1.165) is 4.47 Å². The Hall–Kier alpha value is -1.41. The minimum atomic E-state index is -3.85. The molecule has 0 saturated heterocycles. The molecule has 0 radical (unpaired) electrons. The van der Waals surface area contributed by atoms with E-state index in [2.05, 4.69) is 25.4 Å². The van der Waals surface area contributed by atoms with Gasteiger partial charge in [0.25, 0.3) is 0 Å². The van der Waals surface area contributed by atoms with Crippen LogP contribution in [0.15, 0.2) is 57.9 Å². The zero-order valence-corrected chi connectivity index (χ0v) is 15.9. The van der Waals surface area contributed by atoms with Crippen LogP contribution in [0.25, 0.3) is 0 Å². The van der Waals surface area contributed by atoms with E-state index in [1.54, 1.807) is 36.4 Å². The van der Waals surface area contributed by atoms with E-state index < -0.39 is 22.0 Å². The molecular formula is C16H15BrClNO4S. The molecule has 0 unspecified atom stereocenters. The number of esters is 1. The van der Waals surface area contributed by atoms with Crippen molar-refractivity contribution in [3.63, 3.8) is 0 Å². The van der Waals surface area contributed by atoms with Crippen LogP contribution >= 0.6 is 27.5 Å². The highest BCUT2D eigenvalue weighted by molar-refractivity contribution is 9.10. The predicted octanol–water partition coefficient (Wildman–Crippen LogP) is 3.69. The van der Waals surface area contributed by atoms with Crippen LogP contribution in [-0.4, -0.2) is 21.5 Å². The van der Waals surface area contributed by atoms with Gasteiger partial charge in [0.05, 0.1) is 24.5 Å². The van der Waals surface area contributed by atoms with Crippen LogP contribution in [0.1, 0.15) is 18.0 Å². The van der Waals surface area contributed by atoms with Crippen molar-refractivity contribution < 1.29 is 17.9 Å². The first kappa shape index (κ1) is 18.9. The Balaban J connectivity index is 2.33. The van der Waals surface area contributed by atoms with E-state index in [4.69, 9.17) is 11.6 Å². The number of carbonyl (C=O) groups excluding carboxylic acids is 1. The highest BCUT2D eigenvalue weighted by Gasteiger charge is 2.24. The molecule has 5 nitrogen and oxygen atoms in total. The Kier molecular flexibility index (Phi) is 6.40. The summed E-state index contributed by atoms with van der Waals surface area (Å²) in [6, 6.07) is 12.2. The summed E-state index contributed by atoms with van der Waals surface area (Å²) in [4.78, 5) is 11.7. The molecule has 2 aromatic carbocycles. The molecule has 0 aliphatic heterocycles. The van der Waals surface area contributed by atoms with Gasteiger partial charge < -0.3 is 4.74 Å². The first-order chi connectivity index (χ1) is 11.3. The Morgan fingerprint density at radius 3 is 2.50 bits per heavy atom. The van der Waals surface area contributed by atoms with Gasteiger partial charge in [0.2, 0.25) is 10.0 Å². The van der Waals surface area contributed by atoms with Gasteiger partial charge in [-0.25, -0.2) is 13.1 Å².